The Bertz CT molecular complexity index is 396. The summed E-state index contributed by atoms with van der Waals surface area (Å²) in [7, 11) is 0. The number of fused-ring (bicyclic) bond motifs is 1. The van der Waals surface area contributed by atoms with Gasteiger partial charge in [0.05, 0.1) is 12.2 Å². The van der Waals surface area contributed by atoms with Crippen LogP contribution in [0.1, 0.15) is 17.7 Å². The summed E-state index contributed by atoms with van der Waals surface area (Å²) in [4.78, 5) is 10.7. The van der Waals surface area contributed by atoms with Crippen molar-refractivity contribution in [2.24, 2.45) is 0 Å². The molecule has 0 unspecified atom stereocenters. The molecule has 0 bridgehead atoms. The fourth-order valence-corrected chi connectivity index (χ4v) is 2.45. The molecule has 0 saturated carbocycles. The van der Waals surface area contributed by atoms with Gasteiger partial charge in [0.1, 0.15) is 18.3 Å². The van der Waals surface area contributed by atoms with Crippen molar-refractivity contribution in [3.8, 4) is 0 Å². The van der Waals surface area contributed by atoms with Crippen LogP contribution in [0.5, 0.6) is 0 Å². The molecule has 86 valence electrons. The van der Waals surface area contributed by atoms with Crippen molar-refractivity contribution in [2.75, 3.05) is 24.5 Å². The Morgan fingerprint density at radius 2 is 2.38 bits per heavy atom. The van der Waals surface area contributed by atoms with E-state index in [1.54, 1.807) is 6.33 Å². The maximum atomic E-state index is 13.2. The quantitative estimate of drug-likeness (QED) is 0.758. The van der Waals surface area contributed by atoms with Crippen LogP contribution in [0.2, 0.25) is 0 Å². The van der Waals surface area contributed by atoms with E-state index in [0.29, 0.717) is 13.0 Å². The van der Waals surface area contributed by atoms with Crippen LogP contribution in [0, 0.1) is 0 Å². The summed E-state index contributed by atoms with van der Waals surface area (Å²) in [5, 5.41) is 3.28. The van der Waals surface area contributed by atoms with E-state index >= 15 is 0 Å². The number of hydrogen-bond donors (Lipinski definition) is 1. The van der Waals surface area contributed by atoms with Crippen molar-refractivity contribution in [1.29, 1.82) is 0 Å². The van der Waals surface area contributed by atoms with Crippen LogP contribution in [0.25, 0.3) is 0 Å². The molecule has 4 nitrogen and oxygen atoms in total. The lowest BCUT2D eigenvalue weighted by Crippen LogP contribution is -2.29. The molecule has 1 saturated heterocycles. The van der Waals surface area contributed by atoms with Gasteiger partial charge in [-0.1, -0.05) is 0 Å². The van der Waals surface area contributed by atoms with E-state index in [-0.39, 0.29) is 0 Å². The van der Waals surface area contributed by atoms with E-state index in [4.69, 9.17) is 0 Å². The van der Waals surface area contributed by atoms with Crippen LogP contribution in [0.3, 0.4) is 0 Å². The van der Waals surface area contributed by atoms with Crippen LogP contribution in [-0.2, 0) is 13.0 Å². The lowest BCUT2D eigenvalue weighted by atomic mass is 10.1. The summed E-state index contributed by atoms with van der Waals surface area (Å²) in [6, 6.07) is 0. The molecule has 0 spiro atoms. The maximum Gasteiger partial charge on any atom is 0.135 e. The zero-order valence-electron chi connectivity index (χ0n) is 9.12. The first-order chi connectivity index (χ1) is 7.84. The Labute approximate surface area is 93.9 Å². The van der Waals surface area contributed by atoms with Gasteiger partial charge in [-0.15, -0.1) is 0 Å². The Hall–Kier alpha value is -1.23. The van der Waals surface area contributed by atoms with Crippen molar-refractivity contribution in [1.82, 2.24) is 15.3 Å². The Kier molecular flexibility index (Phi) is 2.47. The second-order valence-electron chi connectivity index (χ2n) is 4.38. The zero-order chi connectivity index (χ0) is 11.0. The Morgan fingerprint density at radius 1 is 1.44 bits per heavy atom. The second kappa shape index (κ2) is 3.97. The molecule has 0 radical (unpaired) electrons. The van der Waals surface area contributed by atoms with Gasteiger partial charge in [0.2, 0.25) is 0 Å². The van der Waals surface area contributed by atoms with E-state index in [1.807, 2.05) is 0 Å². The van der Waals surface area contributed by atoms with E-state index in [2.05, 4.69) is 20.2 Å². The fraction of sp³-hybridized carbons (Fsp3) is 0.636. The molecule has 1 aromatic heterocycles. The van der Waals surface area contributed by atoms with Gasteiger partial charge in [0.25, 0.3) is 0 Å². The molecule has 0 aliphatic carbocycles. The molecule has 3 heterocycles. The summed E-state index contributed by atoms with van der Waals surface area (Å²) >= 11 is 0. The summed E-state index contributed by atoms with van der Waals surface area (Å²) < 4.78 is 13.2. The zero-order valence-corrected chi connectivity index (χ0v) is 9.12. The topological polar surface area (TPSA) is 41.1 Å². The molecule has 0 amide bonds. The summed E-state index contributed by atoms with van der Waals surface area (Å²) in [6.07, 6.45) is 2.45. The summed E-state index contributed by atoms with van der Waals surface area (Å²) in [5.74, 6) is 0.951. The standard InChI is InChI=1S/C11H15FN4/c12-8-2-4-16(6-8)11-9-1-3-13-5-10(9)14-7-15-11/h7-8,13H,1-6H2/t8-/m1/s1. The third-order valence-electron chi connectivity index (χ3n) is 3.29. The highest BCUT2D eigenvalue weighted by atomic mass is 19.1. The predicted octanol–water partition coefficient (Wildman–Crippen LogP) is 0.670. The van der Waals surface area contributed by atoms with Gasteiger partial charge in [-0.2, -0.15) is 0 Å². The second-order valence-corrected chi connectivity index (χ2v) is 4.38. The molecule has 2 aliphatic rings. The molecule has 16 heavy (non-hydrogen) atoms. The van der Waals surface area contributed by atoms with Crippen LogP contribution in [0.15, 0.2) is 6.33 Å². The molecule has 0 aromatic carbocycles. The van der Waals surface area contributed by atoms with Gasteiger partial charge in [0.15, 0.2) is 0 Å². The van der Waals surface area contributed by atoms with E-state index in [0.717, 1.165) is 37.6 Å². The highest BCUT2D eigenvalue weighted by Crippen LogP contribution is 2.26. The molecule has 3 rings (SSSR count). The minimum Gasteiger partial charge on any atom is -0.353 e. The number of alkyl halides is 1. The van der Waals surface area contributed by atoms with E-state index in [9.17, 15) is 4.39 Å². The third kappa shape index (κ3) is 1.65. The number of anilines is 1. The lowest BCUT2D eigenvalue weighted by molar-refractivity contribution is 0.364. The molecule has 1 atom stereocenters. The first-order valence-corrected chi connectivity index (χ1v) is 5.77. The van der Waals surface area contributed by atoms with Crippen molar-refractivity contribution in [3.63, 3.8) is 0 Å². The highest BCUT2D eigenvalue weighted by molar-refractivity contribution is 5.50. The fourth-order valence-electron chi connectivity index (χ4n) is 2.45. The Balaban J connectivity index is 1.94. The van der Waals surface area contributed by atoms with Crippen LogP contribution >= 0.6 is 0 Å². The highest BCUT2D eigenvalue weighted by Gasteiger charge is 2.26. The molecule has 1 aromatic rings. The number of nitrogens with zero attached hydrogens (tertiary/aromatic N) is 3. The normalized spacial score (nSPS) is 24.6. The summed E-state index contributed by atoms with van der Waals surface area (Å²) in [5.41, 5.74) is 2.27. The molecule has 5 heteroatoms. The average Bonchev–Trinajstić information content (AvgIpc) is 2.75. The minimum absolute atomic E-state index is 0.483. The molecule has 1 N–H and O–H groups in total. The van der Waals surface area contributed by atoms with Crippen LogP contribution in [0.4, 0.5) is 10.2 Å². The SMILES string of the molecule is F[C@@H]1CCN(c2ncnc3c2CCNC3)C1. The number of hydrogen-bond acceptors (Lipinski definition) is 4. The average molecular weight is 222 g/mol. The molecular weight excluding hydrogens is 207 g/mol. The lowest BCUT2D eigenvalue weighted by Gasteiger charge is -2.24. The van der Waals surface area contributed by atoms with Gasteiger partial charge in [-0.3, -0.25) is 0 Å². The third-order valence-corrected chi connectivity index (χ3v) is 3.29. The summed E-state index contributed by atoms with van der Waals surface area (Å²) in [6.45, 7) is 3.02. The van der Waals surface area contributed by atoms with E-state index < -0.39 is 6.17 Å². The van der Waals surface area contributed by atoms with Crippen molar-refractivity contribution < 1.29 is 4.39 Å². The van der Waals surface area contributed by atoms with Gasteiger partial charge in [-0.25, -0.2) is 14.4 Å². The molecule has 2 aliphatic heterocycles. The maximum absolute atomic E-state index is 13.2. The monoisotopic (exact) mass is 222 g/mol. The number of halogens is 1. The number of rotatable bonds is 1. The van der Waals surface area contributed by atoms with Gasteiger partial charge in [0, 0.05) is 18.7 Å². The predicted molar refractivity (Wildman–Crippen MR) is 59.2 cm³/mol. The smallest absolute Gasteiger partial charge is 0.135 e. The first-order valence-electron chi connectivity index (χ1n) is 5.77. The molecule has 1 fully saturated rings. The number of aromatic nitrogens is 2. The van der Waals surface area contributed by atoms with Crippen LogP contribution in [-0.4, -0.2) is 35.8 Å². The minimum atomic E-state index is -0.702. The molecular formula is C11H15FN4. The van der Waals surface area contributed by atoms with Gasteiger partial charge < -0.3 is 10.2 Å². The van der Waals surface area contributed by atoms with Crippen LogP contribution < -0.4 is 10.2 Å². The Morgan fingerprint density at radius 3 is 3.19 bits per heavy atom. The van der Waals surface area contributed by atoms with Gasteiger partial charge >= 0.3 is 0 Å². The van der Waals surface area contributed by atoms with E-state index in [1.165, 1.54) is 5.56 Å². The van der Waals surface area contributed by atoms with Crippen molar-refractivity contribution >= 4 is 5.82 Å². The number of nitrogens with one attached hydrogen (secondary N) is 1. The van der Waals surface area contributed by atoms with Crippen molar-refractivity contribution in [3.05, 3.63) is 17.6 Å². The van der Waals surface area contributed by atoms with Crippen molar-refractivity contribution in [2.45, 2.75) is 25.6 Å². The largest absolute Gasteiger partial charge is 0.353 e. The van der Waals surface area contributed by atoms with Gasteiger partial charge in [-0.05, 0) is 19.4 Å². The first kappa shape index (κ1) is 9.96.